The van der Waals surface area contributed by atoms with Crippen molar-refractivity contribution in [2.75, 3.05) is 11.4 Å². The van der Waals surface area contributed by atoms with Crippen molar-refractivity contribution in [1.29, 1.82) is 0 Å². The molecule has 2 heterocycles. The van der Waals surface area contributed by atoms with Gasteiger partial charge in [-0.05, 0) is 37.5 Å². The number of aromatic nitrogens is 2. The summed E-state index contributed by atoms with van der Waals surface area (Å²) in [6, 6.07) is 1.59. The van der Waals surface area contributed by atoms with Gasteiger partial charge in [-0.3, -0.25) is 0 Å². The van der Waals surface area contributed by atoms with Crippen molar-refractivity contribution in [1.82, 2.24) is 9.97 Å². The van der Waals surface area contributed by atoms with Crippen LogP contribution in [0.5, 0.6) is 0 Å². The number of rotatable bonds is 1. The third-order valence-electron chi connectivity index (χ3n) is 4.45. The first-order valence-electron chi connectivity index (χ1n) is 7.99. The molecule has 1 aromatic heterocycles. The van der Waals surface area contributed by atoms with Crippen LogP contribution in [-0.2, 0) is 12.4 Å². The fraction of sp³-hybridized carbons (Fsp3) is 0.412. The quantitative estimate of drug-likeness (QED) is 0.419. The lowest BCUT2D eigenvalue weighted by Crippen LogP contribution is -2.30. The minimum atomic E-state index is -4.97. The molecule has 1 aliphatic rings. The molecule has 27 heavy (non-hydrogen) atoms. The van der Waals surface area contributed by atoms with Crippen molar-refractivity contribution in [2.45, 2.75) is 38.5 Å². The summed E-state index contributed by atoms with van der Waals surface area (Å²) in [5, 5.41) is 0.134. The molecular formula is C17H14ClF6N3. The molecule has 2 aromatic rings. The first-order chi connectivity index (χ1) is 12.4. The van der Waals surface area contributed by atoms with Crippen molar-refractivity contribution < 1.29 is 26.3 Å². The molecule has 1 aliphatic heterocycles. The second kappa shape index (κ2) is 6.54. The average Bonchev–Trinajstić information content (AvgIpc) is 2.52. The second-order valence-corrected chi connectivity index (χ2v) is 6.73. The molecule has 0 unspecified atom stereocenters. The highest BCUT2D eigenvalue weighted by atomic mass is 35.5. The molecule has 0 saturated heterocycles. The Morgan fingerprint density at radius 2 is 1.74 bits per heavy atom. The summed E-state index contributed by atoms with van der Waals surface area (Å²) >= 11 is 6.16. The van der Waals surface area contributed by atoms with Crippen LogP contribution < -0.4 is 4.90 Å². The fourth-order valence-corrected chi connectivity index (χ4v) is 3.54. The van der Waals surface area contributed by atoms with Crippen LogP contribution in [-0.4, -0.2) is 16.5 Å². The third-order valence-corrected chi connectivity index (χ3v) is 4.73. The van der Waals surface area contributed by atoms with Crippen LogP contribution in [0.15, 0.2) is 18.2 Å². The van der Waals surface area contributed by atoms with Gasteiger partial charge in [0.15, 0.2) is 0 Å². The van der Waals surface area contributed by atoms with Gasteiger partial charge in [-0.25, -0.2) is 9.97 Å². The molecular weight excluding hydrogens is 396 g/mol. The Balaban J connectivity index is 2.22. The first kappa shape index (κ1) is 19.7. The van der Waals surface area contributed by atoms with E-state index in [4.69, 9.17) is 11.6 Å². The summed E-state index contributed by atoms with van der Waals surface area (Å²) in [6.07, 6.45) is -9.39. The lowest BCUT2D eigenvalue weighted by Gasteiger charge is -2.35. The summed E-state index contributed by atoms with van der Waals surface area (Å²) < 4.78 is 79.3. The Bertz CT molecular complexity index is 878. The van der Waals surface area contributed by atoms with Crippen LogP contribution in [0.1, 0.15) is 41.8 Å². The lowest BCUT2D eigenvalue weighted by molar-refractivity contribution is -0.142. The largest absolute Gasteiger partial charge is 0.418 e. The number of alkyl halides is 6. The van der Waals surface area contributed by atoms with Crippen molar-refractivity contribution in [3.8, 4) is 0 Å². The van der Waals surface area contributed by atoms with E-state index in [1.807, 2.05) is 6.92 Å². The molecule has 0 bridgehead atoms. The monoisotopic (exact) mass is 409 g/mol. The average molecular weight is 410 g/mol. The molecule has 10 heteroatoms. The molecule has 1 atom stereocenters. The number of nitrogens with zero attached hydrogens (tertiary/aromatic N) is 3. The van der Waals surface area contributed by atoms with Gasteiger partial charge in [-0.1, -0.05) is 18.5 Å². The number of anilines is 2. The number of hydrogen-bond acceptors (Lipinski definition) is 3. The smallest absolute Gasteiger partial charge is 0.325 e. The molecule has 146 valence electrons. The Hall–Kier alpha value is -2.03. The normalized spacial score (nSPS) is 17.8. The van der Waals surface area contributed by atoms with E-state index in [0.29, 0.717) is 18.1 Å². The maximum Gasteiger partial charge on any atom is 0.418 e. The summed E-state index contributed by atoms with van der Waals surface area (Å²) in [4.78, 5) is 9.52. The molecule has 0 aliphatic carbocycles. The Morgan fingerprint density at radius 3 is 2.33 bits per heavy atom. The van der Waals surface area contributed by atoms with Crippen molar-refractivity contribution >= 4 is 23.1 Å². The van der Waals surface area contributed by atoms with E-state index in [-0.39, 0.29) is 35.3 Å². The zero-order chi connectivity index (χ0) is 20.1. The van der Waals surface area contributed by atoms with Gasteiger partial charge in [0.1, 0.15) is 16.8 Å². The summed E-state index contributed by atoms with van der Waals surface area (Å²) in [5.74, 6) is 0.364. The number of benzene rings is 1. The predicted molar refractivity (Wildman–Crippen MR) is 88.3 cm³/mol. The van der Waals surface area contributed by atoms with Gasteiger partial charge in [-0.2, -0.15) is 26.3 Å². The second-order valence-electron chi connectivity index (χ2n) is 6.37. The maximum absolute atomic E-state index is 13.5. The van der Waals surface area contributed by atoms with E-state index < -0.39 is 29.2 Å². The van der Waals surface area contributed by atoms with Crippen LogP contribution in [0.2, 0.25) is 5.15 Å². The van der Waals surface area contributed by atoms with Gasteiger partial charge in [0.05, 0.1) is 16.8 Å². The lowest BCUT2D eigenvalue weighted by atomic mass is 9.94. The van der Waals surface area contributed by atoms with Crippen LogP contribution >= 0.6 is 11.6 Å². The number of aryl methyl sites for hydroxylation is 1. The van der Waals surface area contributed by atoms with Gasteiger partial charge >= 0.3 is 12.4 Å². The van der Waals surface area contributed by atoms with Crippen LogP contribution in [0.4, 0.5) is 37.8 Å². The summed E-state index contributed by atoms with van der Waals surface area (Å²) in [5.41, 5.74) is -2.63. The van der Waals surface area contributed by atoms with Gasteiger partial charge < -0.3 is 4.90 Å². The van der Waals surface area contributed by atoms with Gasteiger partial charge in [-0.15, -0.1) is 0 Å². The molecule has 1 aromatic carbocycles. The fourth-order valence-electron chi connectivity index (χ4n) is 3.14. The SMILES string of the molecule is Cc1nc(Cl)c2c(n1)N(c1ccc(C(F)(F)F)cc1C(F)(F)F)CC[C@@H]2C. The van der Waals surface area contributed by atoms with Crippen molar-refractivity contribution in [2.24, 2.45) is 0 Å². The van der Waals surface area contributed by atoms with E-state index in [1.165, 1.54) is 4.90 Å². The highest BCUT2D eigenvalue weighted by Crippen LogP contribution is 2.46. The number of hydrogen-bond donors (Lipinski definition) is 0. The van der Waals surface area contributed by atoms with Gasteiger partial charge in [0.25, 0.3) is 0 Å². The van der Waals surface area contributed by atoms with E-state index in [0.717, 1.165) is 6.07 Å². The minimum Gasteiger partial charge on any atom is -0.325 e. The number of halogens is 7. The third kappa shape index (κ3) is 3.69. The Labute approximate surface area is 156 Å². The number of fused-ring (bicyclic) bond motifs is 1. The summed E-state index contributed by atoms with van der Waals surface area (Å²) in [7, 11) is 0. The predicted octanol–water partition coefficient (Wildman–Crippen LogP) is 6.12. The van der Waals surface area contributed by atoms with Crippen molar-refractivity contribution in [3.63, 3.8) is 0 Å². The molecule has 0 amide bonds. The van der Waals surface area contributed by atoms with E-state index in [9.17, 15) is 26.3 Å². The molecule has 3 nitrogen and oxygen atoms in total. The van der Waals surface area contributed by atoms with Gasteiger partial charge in [0, 0.05) is 12.1 Å². The molecule has 3 rings (SSSR count). The van der Waals surface area contributed by atoms with Gasteiger partial charge in [0.2, 0.25) is 0 Å². The Morgan fingerprint density at radius 1 is 1.07 bits per heavy atom. The maximum atomic E-state index is 13.5. The van der Waals surface area contributed by atoms with Crippen LogP contribution in [0.3, 0.4) is 0 Å². The van der Waals surface area contributed by atoms with Crippen LogP contribution in [0.25, 0.3) is 0 Å². The molecule has 0 fully saturated rings. The topological polar surface area (TPSA) is 29.0 Å². The molecule has 0 saturated carbocycles. The van der Waals surface area contributed by atoms with E-state index in [1.54, 1.807) is 6.92 Å². The minimum absolute atomic E-state index is 0.0897. The molecule has 0 spiro atoms. The molecule has 0 N–H and O–H groups in total. The first-order valence-corrected chi connectivity index (χ1v) is 8.37. The van der Waals surface area contributed by atoms with Crippen LogP contribution in [0, 0.1) is 6.92 Å². The summed E-state index contributed by atoms with van der Waals surface area (Å²) in [6.45, 7) is 3.55. The standard InChI is InChI=1S/C17H14ClF6N3/c1-8-5-6-27(15-13(8)14(18)25-9(2)26-15)12-4-3-10(16(19,20)21)7-11(12)17(22,23)24/h3-4,7-8H,5-6H2,1-2H3/t8-/m0/s1. The van der Waals surface area contributed by atoms with E-state index in [2.05, 4.69) is 9.97 Å². The van der Waals surface area contributed by atoms with E-state index >= 15 is 0 Å². The molecule has 0 radical (unpaired) electrons. The zero-order valence-electron chi connectivity index (χ0n) is 14.2. The highest BCUT2D eigenvalue weighted by Gasteiger charge is 2.40. The highest BCUT2D eigenvalue weighted by molar-refractivity contribution is 6.30. The zero-order valence-corrected chi connectivity index (χ0v) is 15.0. The Kier molecular flexibility index (Phi) is 4.78. The van der Waals surface area contributed by atoms with Crippen molar-refractivity contribution in [3.05, 3.63) is 45.9 Å².